The van der Waals surface area contributed by atoms with Gasteiger partial charge in [0, 0.05) is 0 Å². The van der Waals surface area contributed by atoms with Crippen molar-refractivity contribution in [1.82, 2.24) is 0 Å². The topological polar surface area (TPSA) is 26.0 Å². The van der Waals surface area contributed by atoms with E-state index in [1.165, 1.54) is 0 Å². The van der Waals surface area contributed by atoms with Gasteiger partial charge < -0.3 is 0 Å². The summed E-state index contributed by atoms with van der Waals surface area (Å²) in [6.07, 6.45) is -8.10. The largest absolute Gasteiger partial charge is 0.439 e. The lowest BCUT2D eigenvalue weighted by Crippen LogP contribution is -2.55. The molecule has 2 atom stereocenters. The molecule has 0 spiro atoms. The molecule has 0 bridgehead atoms. The van der Waals surface area contributed by atoms with Gasteiger partial charge in [-0.25, -0.2) is 8.78 Å². The summed E-state index contributed by atoms with van der Waals surface area (Å²) in [5.41, 5.74) is 3.97. The molecule has 0 saturated heterocycles. The summed E-state index contributed by atoms with van der Waals surface area (Å²) in [7, 11) is 0. The average molecular weight is 200 g/mol. The van der Waals surface area contributed by atoms with E-state index in [4.69, 9.17) is 0 Å². The number of rotatable bonds is 1. The van der Waals surface area contributed by atoms with Crippen LogP contribution in [0.3, 0.4) is 0 Å². The minimum atomic E-state index is -5.35. The third-order valence-corrected chi connectivity index (χ3v) is 1.01. The highest BCUT2D eigenvalue weighted by Gasteiger charge is 2.57. The van der Waals surface area contributed by atoms with Gasteiger partial charge in [0.25, 0.3) is 5.79 Å². The van der Waals surface area contributed by atoms with Crippen LogP contribution >= 0.6 is 12.4 Å². The highest BCUT2D eigenvalue weighted by molar-refractivity contribution is 5.85. The molecule has 1 nitrogen and oxygen atoms in total. The minimum absolute atomic E-state index is 0. The van der Waals surface area contributed by atoms with Crippen molar-refractivity contribution in [2.45, 2.75) is 25.1 Å². The molecule has 7 heteroatoms. The minimum Gasteiger partial charge on any atom is -0.289 e. The van der Waals surface area contributed by atoms with E-state index in [2.05, 4.69) is 5.73 Å². The van der Waals surface area contributed by atoms with Crippen LogP contribution in [0.15, 0.2) is 0 Å². The molecule has 0 radical (unpaired) electrons. The molecule has 0 fully saturated rings. The summed E-state index contributed by atoms with van der Waals surface area (Å²) in [6.45, 7) is 0.410. The fraction of sp³-hybridized carbons (Fsp3) is 1.00. The van der Waals surface area contributed by atoms with Crippen molar-refractivity contribution < 1.29 is 22.0 Å². The maximum Gasteiger partial charge on any atom is 0.439 e. The van der Waals surface area contributed by atoms with E-state index in [-0.39, 0.29) is 12.4 Å². The molecule has 0 saturated carbocycles. The fourth-order valence-corrected chi connectivity index (χ4v) is 0.226. The number of hydrogen-bond acceptors (Lipinski definition) is 1. The van der Waals surface area contributed by atoms with Crippen LogP contribution in [0, 0.1) is 0 Å². The van der Waals surface area contributed by atoms with E-state index in [0.29, 0.717) is 6.92 Å². The molecule has 0 aliphatic heterocycles. The van der Waals surface area contributed by atoms with Gasteiger partial charge in [0.05, 0.1) is 0 Å². The fourth-order valence-electron chi connectivity index (χ4n) is 0.226. The molecule has 0 aliphatic carbocycles. The zero-order chi connectivity index (χ0) is 8.58. The zero-order valence-corrected chi connectivity index (χ0v) is 6.27. The van der Waals surface area contributed by atoms with Crippen LogP contribution in [-0.4, -0.2) is 18.1 Å². The lowest BCUT2D eigenvalue weighted by atomic mass is 10.2. The van der Waals surface area contributed by atoms with E-state index >= 15 is 0 Å². The van der Waals surface area contributed by atoms with E-state index in [1.807, 2.05) is 0 Å². The zero-order valence-electron chi connectivity index (χ0n) is 5.45. The van der Waals surface area contributed by atoms with E-state index in [0.717, 1.165) is 0 Å². The molecule has 11 heavy (non-hydrogen) atoms. The number of halogens is 6. The second kappa shape index (κ2) is 3.53. The Balaban J connectivity index is 0. The highest BCUT2D eigenvalue weighted by atomic mass is 35.5. The summed E-state index contributed by atoms with van der Waals surface area (Å²) in [4.78, 5) is 0. The molecule has 70 valence electrons. The Morgan fingerprint density at radius 1 is 1.18 bits per heavy atom. The summed E-state index contributed by atoms with van der Waals surface area (Å²) in [6, 6.07) is 0. The Morgan fingerprint density at radius 2 is 1.45 bits per heavy atom. The van der Waals surface area contributed by atoms with Gasteiger partial charge >= 0.3 is 6.18 Å². The van der Waals surface area contributed by atoms with Gasteiger partial charge in [-0.1, -0.05) is 0 Å². The van der Waals surface area contributed by atoms with Crippen LogP contribution in [0.1, 0.15) is 6.92 Å². The van der Waals surface area contributed by atoms with Gasteiger partial charge in [-0.2, -0.15) is 13.2 Å². The van der Waals surface area contributed by atoms with Crippen LogP contribution in [-0.2, 0) is 0 Å². The lowest BCUT2D eigenvalue weighted by molar-refractivity contribution is -0.246. The summed E-state index contributed by atoms with van der Waals surface area (Å²) < 4.78 is 57.8. The normalized spacial score (nSPS) is 19.9. The highest BCUT2D eigenvalue weighted by Crippen LogP contribution is 2.33. The van der Waals surface area contributed by atoms with Gasteiger partial charge in [-0.05, 0) is 6.92 Å². The molecule has 0 aliphatic rings. The van der Waals surface area contributed by atoms with Crippen LogP contribution < -0.4 is 5.73 Å². The van der Waals surface area contributed by atoms with Crippen molar-refractivity contribution in [3.8, 4) is 0 Å². The predicted octanol–water partition coefficient (Wildman–Crippen LogP) is 1.95. The molecular formula is C4H7ClF5N. The van der Waals surface area contributed by atoms with E-state index < -0.39 is 18.1 Å². The first-order valence-electron chi connectivity index (χ1n) is 2.38. The Kier molecular flexibility index (Phi) is 4.33. The Morgan fingerprint density at radius 3 is 1.45 bits per heavy atom. The third kappa shape index (κ3) is 2.78. The van der Waals surface area contributed by atoms with Crippen LogP contribution in [0.5, 0.6) is 0 Å². The third-order valence-electron chi connectivity index (χ3n) is 1.01. The molecular weight excluding hydrogens is 192 g/mol. The van der Waals surface area contributed by atoms with Crippen LogP contribution in [0.4, 0.5) is 22.0 Å². The van der Waals surface area contributed by atoms with Crippen molar-refractivity contribution in [2.75, 3.05) is 0 Å². The first-order valence-corrected chi connectivity index (χ1v) is 2.38. The Bertz CT molecular complexity index is 120. The first-order chi connectivity index (χ1) is 4.19. The standard InChI is InChI=1S/C4H6F5N.ClH/c1-2(5)3(6,10)4(7,8)9;/h2H,10H2,1H3;1H. The quantitative estimate of drug-likeness (QED) is 0.507. The van der Waals surface area contributed by atoms with Crippen LogP contribution in [0.25, 0.3) is 0 Å². The second-order valence-electron chi connectivity index (χ2n) is 1.88. The molecule has 0 aromatic carbocycles. The predicted molar refractivity (Wildman–Crippen MR) is 31.9 cm³/mol. The smallest absolute Gasteiger partial charge is 0.289 e. The monoisotopic (exact) mass is 199 g/mol. The van der Waals surface area contributed by atoms with Gasteiger partial charge in [-0.15, -0.1) is 12.4 Å². The first kappa shape index (κ1) is 13.5. The molecule has 2 unspecified atom stereocenters. The SMILES string of the molecule is CC(F)C(N)(F)C(F)(F)F.Cl. The molecule has 0 aromatic rings. The van der Waals surface area contributed by atoms with Crippen LogP contribution in [0.2, 0.25) is 0 Å². The number of nitrogens with two attached hydrogens (primary N) is 1. The summed E-state index contributed by atoms with van der Waals surface area (Å²) in [5, 5.41) is 0. The van der Waals surface area contributed by atoms with Crippen molar-refractivity contribution in [2.24, 2.45) is 5.73 Å². The second-order valence-corrected chi connectivity index (χ2v) is 1.88. The van der Waals surface area contributed by atoms with Crippen molar-refractivity contribution in [3.05, 3.63) is 0 Å². The Labute approximate surface area is 66.2 Å². The number of alkyl halides is 5. The lowest BCUT2D eigenvalue weighted by Gasteiger charge is -2.23. The average Bonchev–Trinajstić information content (AvgIpc) is 1.62. The maximum atomic E-state index is 12.0. The summed E-state index contributed by atoms with van der Waals surface area (Å²) in [5.74, 6) is -4.23. The number of hydrogen-bond donors (Lipinski definition) is 1. The van der Waals surface area contributed by atoms with Gasteiger partial charge in [0.2, 0.25) is 0 Å². The van der Waals surface area contributed by atoms with Crippen molar-refractivity contribution in [1.29, 1.82) is 0 Å². The Hall–Kier alpha value is -0.100. The molecule has 0 rings (SSSR count). The molecule has 2 N–H and O–H groups in total. The molecule has 0 amide bonds. The molecule has 0 aromatic heterocycles. The summed E-state index contributed by atoms with van der Waals surface area (Å²) >= 11 is 0. The van der Waals surface area contributed by atoms with Crippen molar-refractivity contribution >= 4 is 12.4 Å². The van der Waals surface area contributed by atoms with E-state index in [1.54, 1.807) is 0 Å². The molecule has 0 heterocycles. The van der Waals surface area contributed by atoms with Gasteiger partial charge in [0.15, 0.2) is 6.17 Å². The maximum absolute atomic E-state index is 12.0. The van der Waals surface area contributed by atoms with Gasteiger partial charge in [0.1, 0.15) is 0 Å². The van der Waals surface area contributed by atoms with Crippen molar-refractivity contribution in [3.63, 3.8) is 0 Å². The van der Waals surface area contributed by atoms with E-state index in [9.17, 15) is 22.0 Å². The van der Waals surface area contributed by atoms with Gasteiger partial charge in [-0.3, -0.25) is 5.73 Å².